The third-order valence-electron chi connectivity index (χ3n) is 3.50. The molecule has 0 atom stereocenters. The van der Waals surface area contributed by atoms with Crippen molar-refractivity contribution in [2.24, 2.45) is 0 Å². The van der Waals surface area contributed by atoms with Crippen LogP contribution in [0, 0.1) is 0 Å². The normalized spacial score (nSPS) is 10.3. The van der Waals surface area contributed by atoms with Crippen molar-refractivity contribution in [3.63, 3.8) is 0 Å². The second kappa shape index (κ2) is 7.92. The zero-order chi connectivity index (χ0) is 16.8. The molecule has 23 heavy (non-hydrogen) atoms. The van der Waals surface area contributed by atoms with Gasteiger partial charge in [0, 0.05) is 10.0 Å². The Morgan fingerprint density at radius 1 is 1.13 bits per heavy atom. The quantitative estimate of drug-likeness (QED) is 0.765. The number of carboxylic acids is 1. The van der Waals surface area contributed by atoms with Gasteiger partial charge in [0.1, 0.15) is 0 Å². The monoisotopic (exact) mass is 375 g/mol. The van der Waals surface area contributed by atoms with Gasteiger partial charge in [0.05, 0.1) is 11.3 Å². The number of hydrogen-bond donors (Lipinski definition) is 2. The molecule has 0 heterocycles. The summed E-state index contributed by atoms with van der Waals surface area (Å²) >= 11 is 3.23. The molecule has 0 aliphatic carbocycles. The molecule has 0 saturated carbocycles. The minimum atomic E-state index is -1.09. The molecule has 0 bridgehead atoms. The standard InChI is InChI=1S/C18H18BrNO3/c1-2-3-4-12-5-7-13(8-6-12)17(21)20-16-10-9-14(19)11-15(16)18(22)23/h5-11H,2-4H2,1H3,(H,20,21)(H,22,23). The molecule has 0 spiro atoms. The molecule has 4 nitrogen and oxygen atoms in total. The number of hydrogen-bond acceptors (Lipinski definition) is 2. The van der Waals surface area contributed by atoms with Crippen molar-refractivity contribution in [3.8, 4) is 0 Å². The molecule has 2 N–H and O–H groups in total. The molecule has 0 saturated heterocycles. The Balaban J connectivity index is 2.14. The highest BCUT2D eigenvalue weighted by atomic mass is 79.9. The van der Waals surface area contributed by atoms with Gasteiger partial charge in [0.2, 0.25) is 0 Å². The topological polar surface area (TPSA) is 66.4 Å². The molecule has 120 valence electrons. The summed E-state index contributed by atoms with van der Waals surface area (Å²) < 4.78 is 0.646. The Morgan fingerprint density at radius 2 is 1.83 bits per heavy atom. The largest absolute Gasteiger partial charge is 0.478 e. The molecule has 2 aromatic rings. The zero-order valence-electron chi connectivity index (χ0n) is 12.8. The number of unbranched alkanes of at least 4 members (excludes halogenated alkanes) is 1. The van der Waals surface area contributed by atoms with Crippen molar-refractivity contribution >= 4 is 33.5 Å². The molecule has 5 heteroatoms. The number of benzene rings is 2. The molecule has 0 radical (unpaired) electrons. The number of carboxylic acid groups (broad SMARTS) is 1. The number of anilines is 1. The fraction of sp³-hybridized carbons (Fsp3) is 0.222. The van der Waals surface area contributed by atoms with Crippen LogP contribution < -0.4 is 5.32 Å². The van der Waals surface area contributed by atoms with Crippen molar-refractivity contribution in [1.82, 2.24) is 0 Å². The predicted molar refractivity (Wildman–Crippen MR) is 94.1 cm³/mol. The lowest BCUT2D eigenvalue weighted by molar-refractivity contribution is 0.0698. The first-order chi connectivity index (χ1) is 11.0. The molecule has 2 aromatic carbocycles. The average Bonchev–Trinajstić information content (AvgIpc) is 2.54. The van der Waals surface area contributed by atoms with E-state index < -0.39 is 5.97 Å². The SMILES string of the molecule is CCCCc1ccc(C(=O)Nc2ccc(Br)cc2C(=O)O)cc1. The summed E-state index contributed by atoms with van der Waals surface area (Å²) in [4.78, 5) is 23.5. The van der Waals surface area contributed by atoms with E-state index in [4.69, 9.17) is 0 Å². The van der Waals surface area contributed by atoms with Crippen LogP contribution in [0.15, 0.2) is 46.9 Å². The summed E-state index contributed by atoms with van der Waals surface area (Å²) in [5, 5.41) is 11.9. The Kier molecular flexibility index (Phi) is 5.93. The van der Waals surface area contributed by atoms with Gasteiger partial charge >= 0.3 is 5.97 Å². The van der Waals surface area contributed by atoms with Gasteiger partial charge in [0.15, 0.2) is 0 Å². The van der Waals surface area contributed by atoms with Gasteiger partial charge < -0.3 is 10.4 Å². The van der Waals surface area contributed by atoms with E-state index in [0.717, 1.165) is 19.3 Å². The number of carbonyl (C=O) groups is 2. The number of halogens is 1. The molecular weight excluding hydrogens is 358 g/mol. The Morgan fingerprint density at radius 3 is 2.43 bits per heavy atom. The van der Waals surface area contributed by atoms with E-state index >= 15 is 0 Å². The van der Waals surface area contributed by atoms with Gasteiger partial charge in [-0.1, -0.05) is 41.4 Å². The summed E-state index contributed by atoms with van der Waals surface area (Å²) in [7, 11) is 0. The van der Waals surface area contributed by atoms with E-state index in [1.54, 1.807) is 24.3 Å². The lowest BCUT2D eigenvalue weighted by atomic mass is 10.1. The summed E-state index contributed by atoms with van der Waals surface area (Å²) in [6.45, 7) is 2.14. The van der Waals surface area contributed by atoms with Crippen molar-refractivity contribution in [1.29, 1.82) is 0 Å². The summed E-state index contributed by atoms with van der Waals surface area (Å²) in [6.07, 6.45) is 3.24. The maximum atomic E-state index is 12.3. The molecule has 1 amide bonds. The molecule has 0 fully saturated rings. The van der Waals surface area contributed by atoms with E-state index in [9.17, 15) is 14.7 Å². The van der Waals surface area contributed by atoms with Gasteiger partial charge in [-0.25, -0.2) is 4.79 Å². The first-order valence-electron chi connectivity index (χ1n) is 7.44. The van der Waals surface area contributed by atoms with Crippen LogP contribution in [0.5, 0.6) is 0 Å². The van der Waals surface area contributed by atoms with Crippen molar-refractivity contribution in [2.45, 2.75) is 26.2 Å². The number of rotatable bonds is 6. The van der Waals surface area contributed by atoms with Gasteiger partial charge in [-0.2, -0.15) is 0 Å². The lowest BCUT2D eigenvalue weighted by Gasteiger charge is -2.09. The highest BCUT2D eigenvalue weighted by Gasteiger charge is 2.14. The number of aromatic carboxylic acids is 1. The number of nitrogens with one attached hydrogen (secondary N) is 1. The maximum absolute atomic E-state index is 12.3. The third-order valence-corrected chi connectivity index (χ3v) is 3.99. The Bertz CT molecular complexity index is 711. The van der Waals surface area contributed by atoms with Crippen LogP contribution in [0.3, 0.4) is 0 Å². The number of aryl methyl sites for hydroxylation is 1. The fourth-order valence-corrected chi connectivity index (χ4v) is 2.56. The summed E-state index contributed by atoms with van der Waals surface area (Å²) in [6, 6.07) is 12.1. The minimum absolute atomic E-state index is 0.0484. The molecular formula is C18H18BrNO3. The van der Waals surface area contributed by atoms with Crippen LogP contribution in [-0.4, -0.2) is 17.0 Å². The van der Waals surface area contributed by atoms with Crippen molar-refractivity contribution < 1.29 is 14.7 Å². The van der Waals surface area contributed by atoms with Crippen LogP contribution in [-0.2, 0) is 6.42 Å². The first kappa shape index (κ1) is 17.2. The van der Waals surface area contributed by atoms with E-state index in [2.05, 4.69) is 28.2 Å². The van der Waals surface area contributed by atoms with Gasteiger partial charge in [0.25, 0.3) is 5.91 Å². The summed E-state index contributed by atoms with van der Waals surface area (Å²) in [5.41, 5.74) is 2.02. The minimum Gasteiger partial charge on any atom is -0.478 e. The summed E-state index contributed by atoms with van der Waals surface area (Å²) in [5.74, 6) is -1.41. The molecule has 0 unspecified atom stereocenters. The second-order valence-corrected chi connectivity index (χ2v) is 6.17. The smallest absolute Gasteiger partial charge is 0.337 e. The highest BCUT2D eigenvalue weighted by molar-refractivity contribution is 9.10. The lowest BCUT2D eigenvalue weighted by Crippen LogP contribution is -2.14. The van der Waals surface area contributed by atoms with E-state index in [-0.39, 0.29) is 17.2 Å². The molecule has 0 aliphatic heterocycles. The van der Waals surface area contributed by atoms with Gasteiger partial charge in [-0.05, 0) is 48.7 Å². The maximum Gasteiger partial charge on any atom is 0.337 e. The van der Waals surface area contributed by atoms with Crippen LogP contribution >= 0.6 is 15.9 Å². The van der Waals surface area contributed by atoms with Crippen LogP contribution in [0.2, 0.25) is 0 Å². The third kappa shape index (κ3) is 4.66. The van der Waals surface area contributed by atoms with Crippen molar-refractivity contribution in [3.05, 3.63) is 63.6 Å². The molecule has 2 rings (SSSR count). The van der Waals surface area contributed by atoms with Gasteiger partial charge in [-0.15, -0.1) is 0 Å². The average molecular weight is 376 g/mol. The van der Waals surface area contributed by atoms with Crippen LogP contribution in [0.25, 0.3) is 0 Å². The van der Waals surface area contributed by atoms with Crippen LogP contribution in [0.1, 0.15) is 46.0 Å². The van der Waals surface area contributed by atoms with E-state index in [1.807, 2.05) is 12.1 Å². The predicted octanol–water partition coefficient (Wildman–Crippen LogP) is 4.74. The fourth-order valence-electron chi connectivity index (χ4n) is 2.20. The second-order valence-electron chi connectivity index (χ2n) is 5.25. The molecule has 0 aliphatic rings. The molecule has 0 aromatic heterocycles. The van der Waals surface area contributed by atoms with E-state index in [1.165, 1.54) is 11.6 Å². The number of carbonyl (C=O) groups excluding carboxylic acids is 1. The van der Waals surface area contributed by atoms with Gasteiger partial charge in [-0.3, -0.25) is 4.79 Å². The van der Waals surface area contributed by atoms with Crippen LogP contribution in [0.4, 0.5) is 5.69 Å². The highest BCUT2D eigenvalue weighted by Crippen LogP contribution is 2.22. The zero-order valence-corrected chi connectivity index (χ0v) is 14.4. The Hall–Kier alpha value is -2.14. The number of amides is 1. The Labute approximate surface area is 143 Å². The van der Waals surface area contributed by atoms with Crippen molar-refractivity contribution in [2.75, 3.05) is 5.32 Å². The first-order valence-corrected chi connectivity index (χ1v) is 8.23. The van der Waals surface area contributed by atoms with E-state index in [0.29, 0.717) is 10.0 Å².